The van der Waals surface area contributed by atoms with E-state index in [-0.39, 0.29) is 17.2 Å². The molecule has 0 fully saturated rings. The number of carbonyl (C=O) groups excluding carboxylic acids is 4. The number of aryl methyl sites for hydroxylation is 2. The molecule has 206 valence electrons. The third-order valence-corrected chi connectivity index (χ3v) is 6.49. The van der Waals surface area contributed by atoms with Crippen molar-refractivity contribution in [2.24, 2.45) is 7.05 Å². The van der Waals surface area contributed by atoms with Crippen molar-refractivity contribution in [1.82, 2.24) is 29.5 Å². The quantitative estimate of drug-likeness (QED) is 0.158. The second-order valence-corrected chi connectivity index (χ2v) is 9.53. The number of aromatic nitrogens is 4. The van der Waals surface area contributed by atoms with E-state index in [1.165, 1.54) is 24.8 Å². The van der Waals surface area contributed by atoms with Crippen molar-refractivity contribution in [2.75, 3.05) is 27.2 Å². The molecule has 0 unspecified atom stereocenters. The highest BCUT2D eigenvalue weighted by molar-refractivity contribution is 6.06. The van der Waals surface area contributed by atoms with Crippen LogP contribution in [0.15, 0.2) is 24.5 Å². The summed E-state index contributed by atoms with van der Waals surface area (Å²) in [6.45, 7) is 5.48. The number of Topliss-reactive ketones (excluding diaryl/α,β-unsaturated/α-hetero) is 2. The fraction of sp³-hybridized carbons (Fsp3) is 0.385. The number of likely N-dealkylation sites (N-methyl/N-ethyl adjacent to an activating group) is 2. The highest BCUT2D eigenvalue weighted by Gasteiger charge is 2.31. The Morgan fingerprint density at radius 1 is 1.15 bits per heavy atom. The molecule has 0 aromatic carbocycles. The molecule has 0 atom stereocenters. The molecule has 1 amide bonds. The summed E-state index contributed by atoms with van der Waals surface area (Å²) < 4.78 is 1.65. The molecule has 0 radical (unpaired) electrons. The fourth-order valence-electron chi connectivity index (χ4n) is 4.43. The molecule has 3 heterocycles. The number of nitrogens with zero attached hydrogens (tertiary/aromatic N) is 6. The van der Waals surface area contributed by atoms with Crippen LogP contribution in [0.4, 0.5) is 5.69 Å². The summed E-state index contributed by atoms with van der Waals surface area (Å²) in [6, 6.07) is 3.05. The van der Waals surface area contributed by atoms with Crippen molar-refractivity contribution in [3.8, 4) is 11.3 Å². The number of hydrogen-bond acceptors (Lipinski definition) is 9. The monoisotopic (exact) mass is 537 g/mol. The molecule has 13 heteroatoms. The van der Waals surface area contributed by atoms with Crippen LogP contribution in [0.25, 0.3) is 11.3 Å². The third kappa shape index (κ3) is 6.32. The van der Waals surface area contributed by atoms with Crippen LogP contribution < -0.4 is 0 Å². The lowest BCUT2D eigenvalue weighted by Crippen LogP contribution is -2.35. The van der Waals surface area contributed by atoms with E-state index in [1.807, 2.05) is 11.9 Å². The minimum atomic E-state index is -1.27. The lowest BCUT2D eigenvalue weighted by molar-refractivity contribution is -0.385. The standard InChI is InChI=1S/C26H31N7O6/c1-15-9-18(22(14-34)29-15)26(37)31(5)8-7-30(4)13-24-20(11-28-32(24)6)21-10-19(23(12-27-21)33(38)39)25(16(2)35)17(3)36/h9-12,14,25,29H,7-8,13H2,1-6H3. The number of amides is 1. The average molecular weight is 538 g/mol. The maximum absolute atomic E-state index is 12.8. The minimum Gasteiger partial charge on any atom is -0.356 e. The largest absolute Gasteiger partial charge is 0.356 e. The summed E-state index contributed by atoms with van der Waals surface area (Å²) in [4.78, 5) is 70.1. The van der Waals surface area contributed by atoms with Gasteiger partial charge in [-0.3, -0.25) is 38.9 Å². The van der Waals surface area contributed by atoms with Gasteiger partial charge in [-0.1, -0.05) is 0 Å². The molecule has 0 saturated carbocycles. The molecule has 39 heavy (non-hydrogen) atoms. The number of carbonyl (C=O) groups is 4. The Kier molecular flexibility index (Phi) is 8.86. The average Bonchev–Trinajstić information content (AvgIpc) is 3.43. The first kappa shape index (κ1) is 29.0. The highest BCUT2D eigenvalue weighted by atomic mass is 16.6. The Bertz CT molecular complexity index is 1430. The van der Waals surface area contributed by atoms with Gasteiger partial charge in [-0.05, 0) is 40.0 Å². The van der Waals surface area contributed by atoms with E-state index in [2.05, 4.69) is 15.1 Å². The van der Waals surface area contributed by atoms with Crippen molar-refractivity contribution < 1.29 is 24.1 Å². The van der Waals surface area contributed by atoms with Gasteiger partial charge in [0.15, 0.2) is 6.29 Å². The molecule has 0 bridgehead atoms. The summed E-state index contributed by atoms with van der Waals surface area (Å²) in [5, 5.41) is 15.9. The van der Waals surface area contributed by atoms with Crippen LogP contribution in [0.5, 0.6) is 0 Å². The van der Waals surface area contributed by atoms with Crippen LogP contribution in [-0.4, -0.2) is 85.4 Å². The molecule has 0 saturated heterocycles. The second-order valence-electron chi connectivity index (χ2n) is 9.53. The Morgan fingerprint density at radius 3 is 2.41 bits per heavy atom. The van der Waals surface area contributed by atoms with Crippen LogP contribution >= 0.6 is 0 Å². The van der Waals surface area contributed by atoms with Gasteiger partial charge in [-0.2, -0.15) is 5.10 Å². The van der Waals surface area contributed by atoms with E-state index in [0.29, 0.717) is 42.7 Å². The van der Waals surface area contributed by atoms with Gasteiger partial charge >= 0.3 is 0 Å². The van der Waals surface area contributed by atoms with Crippen LogP contribution in [0.2, 0.25) is 0 Å². The van der Waals surface area contributed by atoms with Gasteiger partial charge in [-0.15, -0.1) is 0 Å². The third-order valence-electron chi connectivity index (χ3n) is 6.49. The summed E-state index contributed by atoms with van der Waals surface area (Å²) in [5.41, 5.74) is 2.54. The first-order chi connectivity index (χ1) is 18.3. The molecule has 0 aliphatic heterocycles. The molecule has 3 aromatic rings. The highest BCUT2D eigenvalue weighted by Crippen LogP contribution is 2.32. The van der Waals surface area contributed by atoms with E-state index in [4.69, 9.17) is 0 Å². The summed E-state index contributed by atoms with van der Waals surface area (Å²) in [7, 11) is 5.27. The molecule has 13 nitrogen and oxygen atoms in total. The molecule has 1 N–H and O–H groups in total. The van der Waals surface area contributed by atoms with E-state index in [1.54, 1.807) is 38.0 Å². The topological polar surface area (TPSA) is 164 Å². The number of H-pyrrole nitrogens is 1. The van der Waals surface area contributed by atoms with Crippen molar-refractivity contribution in [2.45, 2.75) is 33.2 Å². The number of hydrogen-bond donors (Lipinski definition) is 1. The maximum Gasteiger partial charge on any atom is 0.291 e. The van der Waals surface area contributed by atoms with Gasteiger partial charge in [0.25, 0.3) is 11.6 Å². The maximum atomic E-state index is 12.8. The van der Waals surface area contributed by atoms with E-state index >= 15 is 0 Å². The first-order valence-electron chi connectivity index (χ1n) is 12.1. The van der Waals surface area contributed by atoms with Gasteiger partial charge in [0.05, 0.1) is 39.3 Å². The van der Waals surface area contributed by atoms with Crippen LogP contribution in [0.3, 0.4) is 0 Å². The van der Waals surface area contributed by atoms with Crippen LogP contribution in [-0.2, 0) is 23.2 Å². The Balaban J connectivity index is 1.82. The van der Waals surface area contributed by atoms with Crippen LogP contribution in [0, 0.1) is 17.0 Å². The van der Waals surface area contributed by atoms with E-state index in [0.717, 1.165) is 17.6 Å². The van der Waals surface area contributed by atoms with E-state index < -0.39 is 28.1 Å². The second kappa shape index (κ2) is 11.9. The smallest absolute Gasteiger partial charge is 0.291 e. The van der Waals surface area contributed by atoms with Crippen molar-refractivity contribution in [3.63, 3.8) is 0 Å². The van der Waals surface area contributed by atoms with Gasteiger partial charge in [0.1, 0.15) is 23.7 Å². The van der Waals surface area contributed by atoms with Crippen LogP contribution in [0.1, 0.15) is 57.6 Å². The molecular weight excluding hydrogens is 506 g/mol. The molecule has 0 spiro atoms. The number of aldehydes is 1. The van der Waals surface area contributed by atoms with Crippen molar-refractivity contribution >= 4 is 29.4 Å². The SMILES string of the molecule is CC(=O)C(C(C)=O)c1cc(-c2cnn(C)c2CN(C)CCN(C)C(=O)c2cc(C)[nH]c2C=O)ncc1[N+](=O)[O-]. The summed E-state index contributed by atoms with van der Waals surface area (Å²) in [5.74, 6) is -2.54. The lowest BCUT2D eigenvalue weighted by Gasteiger charge is -2.22. The Labute approximate surface area is 225 Å². The number of ketones is 2. The molecule has 0 aliphatic carbocycles. The zero-order valence-electron chi connectivity index (χ0n) is 22.7. The zero-order valence-corrected chi connectivity index (χ0v) is 22.7. The van der Waals surface area contributed by atoms with E-state index in [9.17, 15) is 29.3 Å². The van der Waals surface area contributed by atoms with Crippen molar-refractivity contribution in [1.29, 1.82) is 0 Å². The van der Waals surface area contributed by atoms with Gasteiger partial charge in [0.2, 0.25) is 0 Å². The molecular formula is C26H31N7O6. The summed E-state index contributed by atoms with van der Waals surface area (Å²) >= 11 is 0. The predicted molar refractivity (Wildman–Crippen MR) is 141 cm³/mol. The van der Waals surface area contributed by atoms with Crippen molar-refractivity contribution in [3.05, 3.63) is 62.8 Å². The summed E-state index contributed by atoms with van der Waals surface area (Å²) in [6.07, 6.45) is 3.25. The lowest BCUT2D eigenvalue weighted by atomic mass is 9.90. The molecule has 0 aliphatic rings. The van der Waals surface area contributed by atoms with Gasteiger partial charge in [0, 0.05) is 45.0 Å². The van der Waals surface area contributed by atoms with Gasteiger partial charge < -0.3 is 9.88 Å². The zero-order chi connectivity index (χ0) is 29.0. The molecule has 3 rings (SSSR count). The Hall–Kier alpha value is -4.52. The first-order valence-corrected chi connectivity index (χ1v) is 12.1. The minimum absolute atomic E-state index is 0.0111. The number of nitro groups is 1. The predicted octanol–water partition coefficient (Wildman–Crippen LogP) is 2.30. The molecule has 3 aromatic heterocycles. The Morgan fingerprint density at radius 2 is 1.82 bits per heavy atom. The number of rotatable bonds is 12. The van der Waals surface area contributed by atoms with Gasteiger partial charge in [-0.25, -0.2) is 4.98 Å². The fourth-order valence-corrected chi connectivity index (χ4v) is 4.43. The normalized spacial score (nSPS) is 11.2. The number of pyridine rings is 1. The number of aromatic amines is 1. The number of nitrogens with one attached hydrogen (secondary N) is 1.